The SMILES string of the molecule is COC(=O)c1ccc2c(Br)nn(-c3ccsc3)c2c1. The van der Waals surface area contributed by atoms with E-state index in [1.165, 1.54) is 7.11 Å². The van der Waals surface area contributed by atoms with Crippen molar-refractivity contribution >= 4 is 44.1 Å². The van der Waals surface area contributed by atoms with Crippen molar-refractivity contribution in [3.8, 4) is 5.69 Å². The molecular weight excluding hydrogens is 328 g/mol. The van der Waals surface area contributed by atoms with Crippen molar-refractivity contribution in [3.05, 3.63) is 45.2 Å². The summed E-state index contributed by atoms with van der Waals surface area (Å²) in [7, 11) is 1.37. The number of ether oxygens (including phenoxy) is 1. The van der Waals surface area contributed by atoms with Gasteiger partial charge in [-0.2, -0.15) is 16.4 Å². The van der Waals surface area contributed by atoms with Crippen LogP contribution in [0.1, 0.15) is 10.4 Å². The van der Waals surface area contributed by atoms with E-state index in [4.69, 9.17) is 4.74 Å². The van der Waals surface area contributed by atoms with Gasteiger partial charge < -0.3 is 4.74 Å². The molecule has 2 heterocycles. The molecule has 0 aliphatic heterocycles. The average Bonchev–Trinajstić information content (AvgIpc) is 3.06. The third-order valence-electron chi connectivity index (χ3n) is 2.81. The number of fused-ring (bicyclic) bond motifs is 1. The van der Waals surface area contributed by atoms with Crippen LogP contribution in [-0.2, 0) is 4.74 Å². The molecule has 1 aromatic carbocycles. The van der Waals surface area contributed by atoms with Gasteiger partial charge in [0.05, 0.1) is 23.9 Å². The summed E-state index contributed by atoms with van der Waals surface area (Å²) in [5, 5.41) is 9.39. The lowest BCUT2D eigenvalue weighted by molar-refractivity contribution is 0.0601. The lowest BCUT2D eigenvalue weighted by Crippen LogP contribution is -2.01. The number of benzene rings is 1. The molecule has 0 N–H and O–H groups in total. The van der Waals surface area contributed by atoms with E-state index in [9.17, 15) is 4.79 Å². The summed E-state index contributed by atoms with van der Waals surface area (Å²) in [5.74, 6) is -0.351. The number of esters is 1. The maximum Gasteiger partial charge on any atom is 0.337 e. The number of methoxy groups -OCH3 is 1. The standard InChI is InChI=1S/C13H9BrN2O2S/c1-18-13(17)8-2-3-10-11(6-8)16(15-12(10)14)9-4-5-19-7-9/h2-7H,1H3. The van der Waals surface area contributed by atoms with Crippen LogP contribution in [0.5, 0.6) is 0 Å². The predicted octanol–water partition coefficient (Wildman–Crippen LogP) is 3.64. The molecule has 0 atom stereocenters. The molecule has 3 rings (SSSR count). The van der Waals surface area contributed by atoms with Crippen LogP contribution in [0.15, 0.2) is 39.6 Å². The first-order chi connectivity index (χ1) is 9.20. The first kappa shape index (κ1) is 12.4. The van der Waals surface area contributed by atoms with E-state index in [1.54, 1.807) is 23.5 Å². The molecule has 0 aliphatic carbocycles. The summed E-state index contributed by atoms with van der Waals surface area (Å²) in [6.07, 6.45) is 0. The van der Waals surface area contributed by atoms with Crippen molar-refractivity contribution in [2.45, 2.75) is 0 Å². The van der Waals surface area contributed by atoms with Crippen LogP contribution in [0, 0.1) is 0 Å². The Morgan fingerprint density at radius 1 is 1.42 bits per heavy atom. The Morgan fingerprint density at radius 3 is 2.95 bits per heavy atom. The third kappa shape index (κ3) is 2.06. The van der Waals surface area contributed by atoms with E-state index in [0.717, 1.165) is 21.2 Å². The molecule has 0 aliphatic rings. The van der Waals surface area contributed by atoms with Crippen LogP contribution in [0.2, 0.25) is 0 Å². The van der Waals surface area contributed by atoms with Gasteiger partial charge in [0.1, 0.15) is 4.60 Å². The topological polar surface area (TPSA) is 44.1 Å². The summed E-state index contributed by atoms with van der Waals surface area (Å²) in [5.41, 5.74) is 2.36. The highest BCUT2D eigenvalue weighted by atomic mass is 79.9. The summed E-state index contributed by atoms with van der Waals surface area (Å²) >= 11 is 5.04. The normalized spacial score (nSPS) is 10.8. The van der Waals surface area contributed by atoms with Gasteiger partial charge in [0.2, 0.25) is 0 Å². The molecule has 0 saturated heterocycles. The molecule has 3 aromatic rings. The van der Waals surface area contributed by atoms with Crippen LogP contribution in [0.4, 0.5) is 0 Å². The number of hydrogen-bond acceptors (Lipinski definition) is 4. The fraction of sp³-hybridized carbons (Fsp3) is 0.0769. The smallest absolute Gasteiger partial charge is 0.337 e. The van der Waals surface area contributed by atoms with Crippen molar-refractivity contribution in [3.63, 3.8) is 0 Å². The quantitative estimate of drug-likeness (QED) is 0.671. The fourth-order valence-corrected chi connectivity index (χ4v) is 3.00. The summed E-state index contributed by atoms with van der Waals surface area (Å²) in [6.45, 7) is 0. The van der Waals surface area contributed by atoms with E-state index in [-0.39, 0.29) is 5.97 Å². The Morgan fingerprint density at radius 2 is 2.26 bits per heavy atom. The number of nitrogens with zero attached hydrogens (tertiary/aromatic N) is 2. The van der Waals surface area contributed by atoms with E-state index >= 15 is 0 Å². The van der Waals surface area contributed by atoms with Crippen molar-refractivity contribution in [2.24, 2.45) is 0 Å². The number of halogens is 1. The third-order valence-corrected chi connectivity index (χ3v) is 4.06. The molecule has 19 heavy (non-hydrogen) atoms. The predicted molar refractivity (Wildman–Crippen MR) is 78.0 cm³/mol. The highest BCUT2D eigenvalue weighted by Crippen LogP contribution is 2.27. The molecule has 0 spiro atoms. The summed E-state index contributed by atoms with van der Waals surface area (Å²) < 4.78 is 7.31. The zero-order valence-corrected chi connectivity index (χ0v) is 12.4. The van der Waals surface area contributed by atoms with E-state index < -0.39 is 0 Å². The molecule has 0 bridgehead atoms. The van der Waals surface area contributed by atoms with Crippen molar-refractivity contribution in [1.29, 1.82) is 0 Å². The van der Waals surface area contributed by atoms with Gasteiger partial charge in [0, 0.05) is 10.8 Å². The highest BCUT2D eigenvalue weighted by molar-refractivity contribution is 9.10. The molecule has 4 nitrogen and oxygen atoms in total. The lowest BCUT2D eigenvalue weighted by Gasteiger charge is -2.02. The molecule has 0 fully saturated rings. The van der Waals surface area contributed by atoms with Gasteiger partial charge >= 0.3 is 5.97 Å². The lowest BCUT2D eigenvalue weighted by atomic mass is 10.1. The second-order valence-electron chi connectivity index (χ2n) is 3.91. The Hall–Kier alpha value is -1.66. The number of thiophene rings is 1. The van der Waals surface area contributed by atoms with Crippen LogP contribution < -0.4 is 0 Å². The fourth-order valence-electron chi connectivity index (χ4n) is 1.90. The zero-order chi connectivity index (χ0) is 13.4. The van der Waals surface area contributed by atoms with Crippen molar-refractivity contribution in [1.82, 2.24) is 9.78 Å². The van der Waals surface area contributed by atoms with E-state index in [0.29, 0.717) is 5.56 Å². The molecule has 0 radical (unpaired) electrons. The monoisotopic (exact) mass is 336 g/mol. The molecular formula is C13H9BrN2O2S. The first-order valence-electron chi connectivity index (χ1n) is 5.50. The van der Waals surface area contributed by atoms with Gasteiger partial charge in [-0.05, 0) is 45.6 Å². The van der Waals surface area contributed by atoms with Gasteiger partial charge in [0.25, 0.3) is 0 Å². The average molecular weight is 337 g/mol. The van der Waals surface area contributed by atoms with Gasteiger partial charge in [-0.15, -0.1) is 0 Å². The minimum absolute atomic E-state index is 0.351. The second kappa shape index (κ2) is 4.79. The highest BCUT2D eigenvalue weighted by Gasteiger charge is 2.13. The maximum absolute atomic E-state index is 11.6. The Kier molecular flexibility index (Phi) is 3.12. The molecule has 2 aromatic heterocycles. The Balaban J connectivity index is 2.25. The second-order valence-corrected chi connectivity index (χ2v) is 5.44. The number of rotatable bonds is 2. The van der Waals surface area contributed by atoms with E-state index in [2.05, 4.69) is 21.0 Å². The van der Waals surface area contributed by atoms with Crippen LogP contribution in [0.3, 0.4) is 0 Å². The largest absolute Gasteiger partial charge is 0.465 e. The number of carbonyl (C=O) groups is 1. The van der Waals surface area contributed by atoms with Crippen LogP contribution >= 0.6 is 27.3 Å². The summed E-state index contributed by atoms with van der Waals surface area (Å²) in [4.78, 5) is 11.6. The Bertz CT molecular complexity index is 749. The van der Waals surface area contributed by atoms with E-state index in [1.807, 2.05) is 27.6 Å². The number of carbonyl (C=O) groups excluding carboxylic acids is 1. The van der Waals surface area contributed by atoms with Crippen LogP contribution in [-0.4, -0.2) is 22.9 Å². The molecule has 0 unspecified atom stereocenters. The van der Waals surface area contributed by atoms with Crippen molar-refractivity contribution < 1.29 is 9.53 Å². The molecule has 0 saturated carbocycles. The van der Waals surface area contributed by atoms with Crippen LogP contribution in [0.25, 0.3) is 16.6 Å². The molecule has 96 valence electrons. The van der Waals surface area contributed by atoms with Gasteiger partial charge in [-0.25, -0.2) is 9.48 Å². The first-order valence-corrected chi connectivity index (χ1v) is 7.23. The minimum Gasteiger partial charge on any atom is -0.465 e. The van der Waals surface area contributed by atoms with Gasteiger partial charge in [0.15, 0.2) is 0 Å². The van der Waals surface area contributed by atoms with Gasteiger partial charge in [-0.3, -0.25) is 0 Å². The summed E-state index contributed by atoms with van der Waals surface area (Å²) in [6, 6.07) is 7.37. The number of aromatic nitrogens is 2. The maximum atomic E-state index is 11.6. The van der Waals surface area contributed by atoms with Crippen molar-refractivity contribution in [2.75, 3.05) is 7.11 Å². The molecule has 6 heteroatoms. The minimum atomic E-state index is -0.351. The zero-order valence-electron chi connectivity index (χ0n) is 9.96. The van der Waals surface area contributed by atoms with Gasteiger partial charge in [-0.1, -0.05) is 0 Å². The number of hydrogen-bond donors (Lipinski definition) is 0. The molecule has 0 amide bonds. The Labute approximate surface area is 121 Å².